The van der Waals surface area contributed by atoms with Crippen LogP contribution in [-0.2, 0) is 4.84 Å². The topological polar surface area (TPSA) is 66.1 Å². The smallest absolute Gasteiger partial charge is 0.231 e. The fraction of sp³-hybridized carbons (Fsp3) is 0.364. The summed E-state index contributed by atoms with van der Waals surface area (Å²) in [6, 6.07) is 5.40. The van der Waals surface area contributed by atoms with E-state index in [1.807, 2.05) is 19.9 Å². The summed E-state index contributed by atoms with van der Waals surface area (Å²) in [4.78, 5) is 5.07. The number of hydrogen-bond donors (Lipinski definition) is 1. The molecule has 0 fully saturated rings. The second-order valence-electron chi connectivity index (χ2n) is 3.70. The molecular formula is C11H14N2O3. The van der Waals surface area contributed by atoms with Crippen molar-refractivity contribution in [3.63, 3.8) is 0 Å². The summed E-state index contributed by atoms with van der Waals surface area (Å²) < 4.78 is 10.4. The summed E-state index contributed by atoms with van der Waals surface area (Å²) in [7, 11) is 0. The summed E-state index contributed by atoms with van der Waals surface area (Å²) in [6.07, 6.45) is 0.00700. The maximum atomic E-state index is 5.77. The molecule has 0 saturated carbocycles. The first-order chi connectivity index (χ1) is 7.66. The van der Waals surface area contributed by atoms with E-state index in [0.717, 1.165) is 11.3 Å². The fourth-order valence-corrected chi connectivity index (χ4v) is 1.27. The highest BCUT2D eigenvalue weighted by atomic mass is 16.7. The lowest BCUT2D eigenvalue weighted by molar-refractivity contribution is 0.0858. The van der Waals surface area contributed by atoms with Crippen LogP contribution in [0.1, 0.15) is 19.4 Å². The van der Waals surface area contributed by atoms with Crippen molar-refractivity contribution in [2.75, 3.05) is 6.79 Å². The van der Waals surface area contributed by atoms with Gasteiger partial charge in [-0.2, -0.15) is 0 Å². The molecule has 1 aliphatic rings. The molecule has 16 heavy (non-hydrogen) atoms. The quantitative estimate of drug-likeness (QED) is 0.477. The molecule has 0 radical (unpaired) electrons. The highest BCUT2D eigenvalue weighted by Gasteiger charge is 2.14. The number of hydrogen-bond acceptors (Lipinski definition) is 4. The van der Waals surface area contributed by atoms with Gasteiger partial charge in [0.15, 0.2) is 17.3 Å². The number of fused-ring (bicyclic) bond motifs is 1. The molecule has 0 aromatic heterocycles. The SMILES string of the molecule is CC(C)O/N=C(\N)c1ccc2c(c1)OCO2. The van der Waals surface area contributed by atoms with Gasteiger partial charge in [0, 0.05) is 5.56 Å². The van der Waals surface area contributed by atoms with Crippen molar-refractivity contribution in [1.29, 1.82) is 0 Å². The number of benzene rings is 1. The Kier molecular flexibility index (Phi) is 2.85. The zero-order valence-electron chi connectivity index (χ0n) is 9.27. The molecule has 2 N–H and O–H groups in total. The summed E-state index contributed by atoms with van der Waals surface area (Å²) in [5, 5.41) is 3.82. The first kappa shape index (κ1) is 10.6. The standard InChI is InChI=1S/C11H14N2O3/c1-7(2)16-13-11(12)8-3-4-9-10(5-8)15-6-14-9/h3-5,7H,6H2,1-2H3,(H2,12,13). The maximum Gasteiger partial charge on any atom is 0.231 e. The molecule has 1 aromatic carbocycles. The molecule has 5 heteroatoms. The van der Waals surface area contributed by atoms with E-state index in [0.29, 0.717) is 11.6 Å². The van der Waals surface area contributed by atoms with E-state index in [9.17, 15) is 0 Å². The van der Waals surface area contributed by atoms with Crippen LogP contribution < -0.4 is 15.2 Å². The summed E-state index contributed by atoms with van der Waals surface area (Å²) in [6.45, 7) is 4.02. The number of amidine groups is 1. The predicted molar refractivity (Wildman–Crippen MR) is 59.5 cm³/mol. The molecule has 1 aromatic rings. The lowest BCUT2D eigenvalue weighted by Gasteiger charge is -2.05. The number of nitrogens with two attached hydrogens (primary N) is 1. The zero-order valence-corrected chi connectivity index (χ0v) is 9.27. The Balaban J connectivity index is 2.18. The van der Waals surface area contributed by atoms with Crippen molar-refractivity contribution in [1.82, 2.24) is 0 Å². The van der Waals surface area contributed by atoms with Gasteiger partial charge in [-0.3, -0.25) is 0 Å². The van der Waals surface area contributed by atoms with Crippen molar-refractivity contribution in [2.45, 2.75) is 20.0 Å². The van der Waals surface area contributed by atoms with Crippen LogP contribution in [0.15, 0.2) is 23.4 Å². The molecule has 86 valence electrons. The van der Waals surface area contributed by atoms with Gasteiger partial charge in [-0.25, -0.2) is 0 Å². The van der Waals surface area contributed by atoms with E-state index in [1.54, 1.807) is 12.1 Å². The fourth-order valence-electron chi connectivity index (χ4n) is 1.27. The van der Waals surface area contributed by atoms with Crippen molar-refractivity contribution in [3.05, 3.63) is 23.8 Å². The van der Waals surface area contributed by atoms with Gasteiger partial charge in [0.05, 0.1) is 0 Å². The van der Waals surface area contributed by atoms with E-state index in [2.05, 4.69) is 5.16 Å². The normalized spacial score (nSPS) is 14.3. The molecule has 0 amide bonds. The molecular weight excluding hydrogens is 208 g/mol. The molecule has 0 bridgehead atoms. The van der Waals surface area contributed by atoms with Crippen LogP contribution in [0.3, 0.4) is 0 Å². The largest absolute Gasteiger partial charge is 0.454 e. The third-order valence-electron chi connectivity index (χ3n) is 2.03. The third-order valence-corrected chi connectivity index (χ3v) is 2.03. The van der Waals surface area contributed by atoms with Crippen LogP contribution in [-0.4, -0.2) is 18.7 Å². The average Bonchev–Trinajstić information content (AvgIpc) is 2.72. The van der Waals surface area contributed by atoms with Gasteiger partial charge in [-0.05, 0) is 32.0 Å². The average molecular weight is 222 g/mol. The van der Waals surface area contributed by atoms with E-state index in [4.69, 9.17) is 20.0 Å². The van der Waals surface area contributed by atoms with Gasteiger partial charge in [0.1, 0.15) is 6.10 Å². The lowest BCUT2D eigenvalue weighted by Crippen LogP contribution is -2.15. The minimum atomic E-state index is 0.00700. The second kappa shape index (κ2) is 4.30. The number of rotatable bonds is 3. The molecule has 5 nitrogen and oxygen atoms in total. The van der Waals surface area contributed by atoms with Gasteiger partial charge >= 0.3 is 0 Å². The first-order valence-electron chi connectivity index (χ1n) is 5.06. The van der Waals surface area contributed by atoms with Crippen LogP contribution in [0, 0.1) is 0 Å². The molecule has 0 unspecified atom stereocenters. The van der Waals surface area contributed by atoms with Crippen molar-refractivity contribution >= 4 is 5.84 Å². The Morgan fingerprint density at radius 3 is 2.88 bits per heavy atom. The Morgan fingerprint density at radius 2 is 2.12 bits per heavy atom. The Morgan fingerprint density at radius 1 is 1.38 bits per heavy atom. The van der Waals surface area contributed by atoms with Gasteiger partial charge in [0.25, 0.3) is 0 Å². The second-order valence-corrected chi connectivity index (χ2v) is 3.70. The van der Waals surface area contributed by atoms with Crippen molar-refractivity contribution in [3.8, 4) is 11.5 Å². The molecule has 0 spiro atoms. The summed E-state index contributed by atoms with van der Waals surface area (Å²) in [5.74, 6) is 1.73. The molecule has 0 aliphatic carbocycles. The molecule has 0 saturated heterocycles. The minimum absolute atomic E-state index is 0.00700. The van der Waals surface area contributed by atoms with Crippen LogP contribution >= 0.6 is 0 Å². The lowest BCUT2D eigenvalue weighted by atomic mass is 10.2. The Labute approximate surface area is 93.8 Å². The number of oxime groups is 1. The van der Waals surface area contributed by atoms with Gasteiger partial charge < -0.3 is 20.0 Å². The molecule has 2 rings (SSSR count). The highest BCUT2D eigenvalue weighted by Crippen LogP contribution is 2.32. The summed E-state index contributed by atoms with van der Waals surface area (Å²) >= 11 is 0. The van der Waals surface area contributed by atoms with Crippen LogP contribution in [0.4, 0.5) is 0 Å². The maximum absolute atomic E-state index is 5.77. The Bertz CT molecular complexity index is 416. The monoisotopic (exact) mass is 222 g/mol. The molecule has 0 atom stereocenters. The van der Waals surface area contributed by atoms with E-state index in [1.165, 1.54) is 0 Å². The van der Waals surface area contributed by atoms with E-state index >= 15 is 0 Å². The van der Waals surface area contributed by atoms with Crippen LogP contribution in [0.25, 0.3) is 0 Å². The minimum Gasteiger partial charge on any atom is -0.454 e. The van der Waals surface area contributed by atoms with E-state index in [-0.39, 0.29) is 12.9 Å². The van der Waals surface area contributed by atoms with Gasteiger partial charge in [-0.1, -0.05) is 5.16 Å². The molecule has 1 aliphatic heterocycles. The third kappa shape index (κ3) is 2.18. The first-order valence-corrected chi connectivity index (χ1v) is 5.06. The van der Waals surface area contributed by atoms with Crippen molar-refractivity contribution in [2.24, 2.45) is 10.9 Å². The van der Waals surface area contributed by atoms with E-state index < -0.39 is 0 Å². The zero-order chi connectivity index (χ0) is 11.5. The van der Waals surface area contributed by atoms with Crippen LogP contribution in [0.5, 0.6) is 11.5 Å². The number of nitrogens with zero attached hydrogens (tertiary/aromatic N) is 1. The predicted octanol–water partition coefficient (Wildman–Crippen LogP) is 1.46. The van der Waals surface area contributed by atoms with Crippen molar-refractivity contribution < 1.29 is 14.3 Å². The van der Waals surface area contributed by atoms with Gasteiger partial charge in [-0.15, -0.1) is 0 Å². The molecule has 1 heterocycles. The van der Waals surface area contributed by atoms with Gasteiger partial charge in [0.2, 0.25) is 6.79 Å². The summed E-state index contributed by atoms with van der Waals surface area (Å²) in [5.41, 5.74) is 6.52. The highest BCUT2D eigenvalue weighted by molar-refractivity contribution is 5.97. The number of ether oxygens (including phenoxy) is 2. The van der Waals surface area contributed by atoms with Crippen LogP contribution in [0.2, 0.25) is 0 Å². The Hall–Kier alpha value is -1.91.